The number of anilines is 1. The fourth-order valence-electron chi connectivity index (χ4n) is 2.69. The molecule has 0 spiro atoms. The Morgan fingerprint density at radius 3 is 2.48 bits per heavy atom. The van der Waals surface area contributed by atoms with E-state index in [2.05, 4.69) is 15.2 Å². The van der Waals surface area contributed by atoms with Crippen molar-refractivity contribution in [3.05, 3.63) is 78.4 Å². The third kappa shape index (κ3) is 7.10. The second kappa shape index (κ2) is 11.3. The van der Waals surface area contributed by atoms with E-state index in [-0.39, 0.29) is 17.3 Å². The van der Waals surface area contributed by atoms with Crippen LogP contribution in [-0.4, -0.2) is 32.1 Å². The molecular formula is C23H21F2N3O5. The molecule has 172 valence electrons. The first-order chi connectivity index (χ1) is 15.9. The third-order valence-electron chi connectivity index (χ3n) is 4.13. The van der Waals surface area contributed by atoms with Gasteiger partial charge in [-0.15, -0.1) is 0 Å². The van der Waals surface area contributed by atoms with Crippen LogP contribution in [0, 0.1) is 0 Å². The Balaban J connectivity index is 1.55. The summed E-state index contributed by atoms with van der Waals surface area (Å²) < 4.78 is 39.9. The van der Waals surface area contributed by atoms with Crippen LogP contribution < -0.4 is 25.3 Å². The quantitative estimate of drug-likeness (QED) is 0.266. The summed E-state index contributed by atoms with van der Waals surface area (Å²) in [4.78, 5) is 17.2. The average molecular weight is 457 g/mol. The smallest absolute Gasteiger partial charge is 0.387 e. The van der Waals surface area contributed by atoms with Crippen molar-refractivity contribution < 1.29 is 32.6 Å². The number of nitrogens with two attached hydrogens (primary N) is 1. The monoisotopic (exact) mass is 457 g/mol. The molecule has 10 heteroatoms. The molecule has 0 saturated carbocycles. The molecule has 0 bridgehead atoms. The predicted octanol–water partition coefficient (Wildman–Crippen LogP) is 4.36. The fourth-order valence-corrected chi connectivity index (χ4v) is 2.69. The zero-order chi connectivity index (χ0) is 23.6. The van der Waals surface area contributed by atoms with Gasteiger partial charge in [-0.25, -0.2) is 0 Å². The molecule has 0 aromatic heterocycles. The van der Waals surface area contributed by atoms with Gasteiger partial charge in [0.1, 0.15) is 11.5 Å². The number of para-hydroxylation sites is 1. The number of carbonyl (C=O) groups is 1. The van der Waals surface area contributed by atoms with Gasteiger partial charge in [-0.05, 0) is 42.5 Å². The number of hydrogen-bond acceptors (Lipinski definition) is 6. The molecule has 0 fully saturated rings. The number of benzene rings is 3. The first kappa shape index (κ1) is 23.3. The van der Waals surface area contributed by atoms with E-state index in [9.17, 15) is 13.6 Å². The van der Waals surface area contributed by atoms with E-state index in [1.807, 2.05) is 30.3 Å². The Bertz CT molecular complexity index is 1110. The summed E-state index contributed by atoms with van der Waals surface area (Å²) in [5.74, 6) is 0.559. The number of rotatable bonds is 10. The topological polar surface area (TPSA) is 104 Å². The fraction of sp³-hybridized carbons (Fsp3) is 0.130. The lowest BCUT2D eigenvalue weighted by Gasteiger charge is -2.11. The molecule has 1 amide bonds. The number of ether oxygens (including phenoxy) is 3. The van der Waals surface area contributed by atoms with Gasteiger partial charge in [0.15, 0.2) is 23.9 Å². The number of amides is 1. The van der Waals surface area contributed by atoms with Crippen molar-refractivity contribution in [2.24, 2.45) is 10.9 Å². The van der Waals surface area contributed by atoms with Gasteiger partial charge in [0.05, 0.1) is 7.11 Å². The van der Waals surface area contributed by atoms with Crippen molar-refractivity contribution in [2.45, 2.75) is 6.61 Å². The SMILES string of the molecule is COc1cc(/C(N)=N/OCC(=O)Nc2cccc(Oc3ccccc3)c2)ccc1OC(F)F. The van der Waals surface area contributed by atoms with E-state index in [4.69, 9.17) is 20.0 Å². The van der Waals surface area contributed by atoms with E-state index in [1.165, 1.54) is 25.3 Å². The predicted molar refractivity (Wildman–Crippen MR) is 118 cm³/mol. The zero-order valence-corrected chi connectivity index (χ0v) is 17.5. The van der Waals surface area contributed by atoms with Crippen LogP contribution in [0.2, 0.25) is 0 Å². The summed E-state index contributed by atoms with van der Waals surface area (Å²) in [6.45, 7) is -3.41. The molecular weight excluding hydrogens is 436 g/mol. The number of methoxy groups -OCH3 is 1. The minimum absolute atomic E-state index is 0.0429. The maximum Gasteiger partial charge on any atom is 0.387 e. The highest BCUT2D eigenvalue weighted by atomic mass is 19.3. The molecule has 0 saturated heterocycles. The molecule has 0 aliphatic rings. The molecule has 3 rings (SSSR count). The summed E-state index contributed by atoms with van der Waals surface area (Å²) in [7, 11) is 1.30. The number of nitrogens with one attached hydrogen (secondary N) is 1. The van der Waals surface area contributed by atoms with E-state index in [1.54, 1.807) is 24.3 Å². The number of carbonyl (C=O) groups excluding carboxylic acids is 1. The maximum absolute atomic E-state index is 12.4. The number of amidine groups is 1. The lowest BCUT2D eigenvalue weighted by Crippen LogP contribution is -2.19. The normalized spacial score (nSPS) is 11.1. The summed E-state index contributed by atoms with van der Waals surface area (Å²) in [6.07, 6.45) is 0. The molecule has 0 radical (unpaired) electrons. The standard InChI is InChI=1S/C23H21F2N3O5/c1-30-20-12-15(10-11-19(20)33-23(24)25)22(26)28-31-14-21(29)27-16-6-5-9-18(13-16)32-17-7-3-2-4-8-17/h2-13,23H,14H2,1H3,(H2,26,28)(H,27,29). The summed E-state index contributed by atoms with van der Waals surface area (Å²) in [6, 6.07) is 20.1. The highest BCUT2D eigenvalue weighted by Crippen LogP contribution is 2.29. The number of hydrogen-bond donors (Lipinski definition) is 2. The Hall–Kier alpha value is -4.34. The molecule has 8 nitrogen and oxygen atoms in total. The van der Waals surface area contributed by atoms with Crippen LogP contribution in [0.3, 0.4) is 0 Å². The lowest BCUT2D eigenvalue weighted by atomic mass is 10.2. The highest BCUT2D eigenvalue weighted by molar-refractivity contribution is 5.98. The minimum Gasteiger partial charge on any atom is -0.493 e. The molecule has 0 heterocycles. The first-order valence-electron chi connectivity index (χ1n) is 9.66. The number of oxime groups is 1. The van der Waals surface area contributed by atoms with E-state index < -0.39 is 19.1 Å². The van der Waals surface area contributed by atoms with Gasteiger partial charge < -0.3 is 30.1 Å². The van der Waals surface area contributed by atoms with Crippen LogP contribution in [0.5, 0.6) is 23.0 Å². The van der Waals surface area contributed by atoms with E-state index in [0.717, 1.165) is 0 Å². The molecule has 3 aromatic rings. The second-order valence-corrected chi connectivity index (χ2v) is 6.49. The highest BCUT2D eigenvalue weighted by Gasteiger charge is 2.13. The Kier molecular flexibility index (Phi) is 8.01. The minimum atomic E-state index is -3.00. The van der Waals surface area contributed by atoms with Gasteiger partial charge in [0.25, 0.3) is 5.91 Å². The van der Waals surface area contributed by atoms with Crippen LogP contribution >= 0.6 is 0 Å². The van der Waals surface area contributed by atoms with Crippen molar-refractivity contribution in [1.29, 1.82) is 0 Å². The molecule has 0 aliphatic heterocycles. The van der Waals surface area contributed by atoms with Crippen LogP contribution in [0.1, 0.15) is 5.56 Å². The van der Waals surface area contributed by atoms with Gasteiger partial charge in [0, 0.05) is 17.3 Å². The molecule has 3 N–H and O–H groups in total. The average Bonchev–Trinajstić information content (AvgIpc) is 2.79. The Labute approximate surface area is 188 Å². The largest absolute Gasteiger partial charge is 0.493 e. The van der Waals surface area contributed by atoms with Gasteiger partial charge in [-0.3, -0.25) is 4.79 Å². The molecule has 0 aliphatic carbocycles. The zero-order valence-electron chi connectivity index (χ0n) is 17.5. The molecule has 3 aromatic carbocycles. The van der Waals surface area contributed by atoms with Crippen molar-refractivity contribution in [3.63, 3.8) is 0 Å². The molecule has 0 atom stereocenters. The van der Waals surface area contributed by atoms with Crippen molar-refractivity contribution in [3.8, 4) is 23.0 Å². The van der Waals surface area contributed by atoms with Gasteiger partial charge >= 0.3 is 6.61 Å². The Morgan fingerprint density at radius 1 is 1.00 bits per heavy atom. The van der Waals surface area contributed by atoms with Gasteiger partial charge in [0.2, 0.25) is 0 Å². The molecule has 0 unspecified atom stereocenters. The van der Waals surface area contributed by atoms with Crippen LogP contribution in [0.4, 0.5) is 14.5 Å². The summed E-state index contributed by atoms with van der Waals surface area (Å²) in [5, 5.41) is 6.34. The van der Waals surface area contributed by atoms with E-state index >= 15 is 0 Å². The van der Waals surface area contributed by atoms with Gasteiger partial charge in [-0.2, -0.15) is 8.78 Å². The second-order valence-electron chi connectivity index (χ2n) is 6.49. The van der Waals surface area contributed by atoms with E-state index in [0.29, 0.717) is 22.7 Å². The number of halogens is 2. The van der Waals surface area contributed by atoms with Crippen LogP contribution in [0.15, 0.2) is 78.0 Å². The molecule has 33 heavy (non-hydrogen) atoms. The van der Waals surface area contributed by atoms with Gasteiger partial charge in [-0.1, -0.05) is 29.4 Å². The summed E-state index contributed by atoms with van der Waals surface area (Å²) >= 11 is 0. The lowest BCUT2D eigenvalue weighted by molar-refractivity contribution is -0.120. The number of alkyl halides is 2. The Morgan fingerprint density at radius 2 is 1.76 bits per heavy atom. The van der Waals surface area contributed by atoms with Crippen LogP contribution in [-0.2, 0) is 9.63 Å². The van der Waals surface area contributed by atoms with Crippen LogP contribution in [0.25, 0.3) is 0 Å². The first-order valence-corrected chi connectivity index (χ1v) is 9.66. The van der Waals surface area contributed by atoms with Crippen molar-refractivity contribution in [1.82, 2.24) is 0 Å². The van der Waals surface area contributed by atoms with Crippen molar-refractivity contribution >= 4 is 17.4 Å². The third-order valence-corrected chi connectivity index (χ3v) is 4.13. The summed E-state index contributed by atoms with van der Waals surface area (Å²) in [5.41, 5.74) is 6.67. The number of nitrogens with zero attached hydrogens (tertiary/aromatic N) is 1. The maximum atomic E-state index is 12.4. The van der Waals surface area contributed by atoms with Crippen molar-refractivity contribution in [2.75, 3.05) is 19.0 Å².